The number of nitrogens with one attached hydrogen (secondary N) is 1. The van der Waals surface area contributed by atoms with E-state index in [1.807, 2.05) is 0 Å². The number of nitrogens with two attached hydrogens (primary N) is 1. The van der Waals surface area contributed by atoms with Crippen LogP contribution in [0.3, 0.4) is 0 Å². The fraction of sp³-hybridized carbons (Fsp3) is 0.0833. The molecule has 1 amide bonds. The zero-order valence-corrected chi connectivity index (χ0v) is 11.6. The number of aromatic nitrogens is 2. The largest absolute Gasteiger partial charge is 0.389 e. The molecular weight excluding hydrogens is 284 g/mol. The van der Waals surface area contributed by atoms with E-state index in [0.717, 1.165) is 0 Å². The van der Waals surface area contributed by atoms with Crippen LogP contribution in [0.4, 0.5) is 5.69 Å². The van der Waals surface area contributed by atoms with Gasteiger partial charge in [0.2, 0.25) is 0 Å². The molecular formula is C12H11ClN4OS. The molecule has 0 spiro atoms. The summed E-state index contributed by atoms with van der Waals surface area (Å²) in [6.07, 6.45) is 3.15. The molecule has 1 aromatic carbocycles. The summed E-state index contributed by atoms with van der Waals surface area (Å²) in [6.45, 7) is 0. The quantitative estimate of drug-likeness (QED) is 0.849. The Bertz CT molecular complexity index is 653. The fourth-order valence-corrected chi connectivity index (χ4v) is 1.90. The second-order valence-corrected chi connectivity index (χ2v) is 4.81. The number of hydrogen-bond donors (Lipinski definition) is 2. The molecule has 98 valence electrons. The summed E-state index contributed by atoms with van der Waals surface area (Å²) in [5.74, 6) is -0.347. The smallest absolute Gasteiger partial charge is 0.275 e. The van der Waals surface area contributed by atoms with E-state index in [1.54, 1.807) is 42.3 Å². The van der Waals surface area contributed by atoms with Gasteiger partial charge in [-0.1, -0.05) is 23.8 Å². The lowest BCUT2D eigenvalue weighted by molar-refractivity contribution is 0.102. The molecule has 0 aliphatic carbocycles. The minimum atomic E-state index is -0.347. The van der Waals surface area contributed by atoms with Crippen LogP contribution in [0.5, 0.6) is 0 Å². The number of hydrogen-bond acceptors (Lipinski definition) is 3. The molecule has 0 atom stereocenters. The summed E-state index contributed by atoms with van der Waals surface area (Å²) >= 11 is 10.8. The molecule has 1 heterocycles. The Balaban J connectivity index is 2.30. The van der Waals surface area contributed by atoms with E-state index in [0.29, 0.717) is 22.0 Å². The van der Waals surface area contributed by atoms with Crippen molar-refractivity contribution in [2.45, 2.75) is 0 Å². The van der Waals surface area contributed by atoms with Crippen LogP contribution in [0.2, 0.25) is 5.02 Å². The van der Waals surface area contributed by atoms with Crippen LogP contribution >= 0.6 is 23.8 Å². The second-order valence-electron chi connectivity index (χ2n) is 3.93. The number of carbonyl (C=O) groups excluding carboxylic acids is 1. The summed E-state index contributed by atoms with van der Waals surface area (Å²) in [6, 6.07) is 4.92. The van der Waals surface area contributed by atoms with Crippen LogP contribution in [-0.4, -0.2) is 20.4 Å². The maximum Gasteiger partial charge on any atom is 0.275 e. The Morgan fingerprint density at radius 3 is 2.84 bits per heavy atom. The minimum absolute atomic E-state index is 0.188. The topological polar surface area (TPSA) is 72.9 Å². The fourth-order valence-electron chi connectivity index (χ4n) is 1.55. The lowest BCUT2D eigenvalue weighted by atomic mass is 10.1. The number of carbonyl (C=O) groups is 1. The van der Waals surface area contributed by atoms with Gasteiger partial charge in [0.15, 0.2) is 0 Å². The molecule has 1 aromatic heterocycles. The molecule has 3 N–H and O–H groups in total. The van der Waals surface area contributed by atoms with Gasteiger partial charge >= 0.3 is 0 Å². The highest BCUT2D eigenvalue weighted by Gasteiger charge is 2.13. The number of aryl methyl sites for hydroxylation is 1. The first-order valence-electron chi connectivity index (χ1n) is 5.36. The van der Waals surface area contributed by atoms with Gasteiger partial charge in [0, 0.05) is 23.8 Å². The van der Waals surface area contributed by atoms with Gasteiger partial charge in [-0.25, -0.2) is 4.98 Å². The van der Waals surface area contributed by atoms with Crippen LogP contribution in [0, 0.1) is 0 Å². The third-order valence-corrected chi connectivity index (χ3v) is 2.89. The molecule has 7 heteroatoms. The van der Waals surface area contributed by atoms with E-state index in [4.69, 9.17) is 29.6 Å². The zero-order chi connectivity index (χ0) is 14.0. The van der Waals surface area contributed by atoms with Crippen molar-refractivity contribution < 1.29 is 4.79 Å². The Morgan fingerprint density at radius 1 is 1.53 bits per heavy atom. The minimum Gasteiger partial charge on any atom is -0.389 e. The van der Waals surface area contributed by atoms with Crippen molar-refractivity contribution >= 4 is 40.4 Å². The van der Waals surface area contributed by atoms with Crippen LogP contribution in [0.25, 0.3) is 0 Å². The number of nitrogens with zero attached hydrogens (tertiary/aromatic N) is 2. The number of anilines is 1. The molecule has 0 fully saturated rings. The first-order valence-corrected chi connectivity index (χ1v) is 6.14. The number of thiocarbonyl (C=S) groups is 1. The number of imidazole rings is 1. The molecule has 0 aliphatic heterocycles. The maximum absolute atomic E-state index is 12.0. The molecule has 0 bridgehead atoms. The van der Waals surface area contributed by atoms with E-state index >= 15 is 0 Å². The monoisotopic (exact) mass is 294 g/mol. The van der Waals surface area contributed by atoms with Crippen LogP contribution < -0.4 is 11.1 Å². The molecule has 19 heavy (non-hydrogen) atoms. The van der Waals surface area contributed by atoms with E-state index in [-0.39, 0.29) is 10.9 Å². The van der Waals surface area contributed by atoms with Gasteiger partial charge < -0.3 is 15.6 Å². The highest BCUT2D eigenvalue weighted by molar-refractivity contribution is 7.80. The lowest BCUT2D eigenvalue weighted by Crippen LogP contribution is -2.17. The number of amides is 1. The highest BCUT2D eigenvalue weighted by atomic mass is 35.5. The number of rotatable bonds is 3. The molecule has 0 radical (unpaired) electrons. The van der Waals surface area contributed by atoms with Gasteiger partial charge in [0.1, 0.15) is 10.7 Å². The normalized spacial score (nSPS) is 10.2. The molecule has 2 rings (SSSR count). The zero-order valence-electron chi connectivity index (χ0n) is 10.1. The van der Waals surface area contributed by atoms with Crippen molar-refractivity contribution in [1.82, 2.24) is 9.55 Å². The summed E-state index contributed by atoms with van der Waals surface area (Å²) in [7, 11) is 1.78. The van der Waals surface area contributed by atoms with Gasteiger partial charge in [-0.3, -0.25) is 4.79 Å². The maximum atomic E-state index is 12.0. The van der Waals surface area contributed by atoms with Gasteiger partial charge in [0.25, 0.3) is 5.91 Å². The van der Waals surface area contributed by atoms with Gasteiger partial charge in [-0.05, 0) is 18.2 Å². The average molecular weight is 295 g/mol. The van der Waals surface area contributed by atoms with Crippen molar-refractivity contribution in [3.05, 3.63) is 47.0 Å². The van der Waals surface area contributed by atoms with E-state index in [2.05, 4.69) is 10.3 Å². The van der Waals surface area contributed by atoms with E-state index < -0.39 is 0 Å². The predicted molar refractivity (Wildman–Crippen MR) is 78.5 cm³/mol. The predicted octanol–water partition coefficient (Wildman–Crippen LogP) is 1.96. The summed E-state index contributed by atoms with van der Waals surface area (Å²) in [4.78, 5) is 16.2. The van der Waals surface area contributed by atoms with Crippen molar-refractivity contribution in [3.63, 3.8) is 0 Å². The van der Waals surface area contributed by atoms with Crippen molar-refractivity contribution in [3.8, 4) is 0 Å². The van der Waals surface area contributed by atoms with Crippen molar-refractivity contribution in [2.75, 3.05) is 5.32 Å². The van der Waals surface area contributed by atoms with Crippen LogP contribution in [0.15, 0.2) is 30.7 Å². The molecule has 0 saturated carbocycles. The molecule has 5 nitrogen and oxygen atoms in total. The van der Waals surface area contributed by atoms with Gasteiger partial charge in [0.05, 0.1) is 12.0 Å². The Kier molecular flexibility index (Phi) is 3.82. The Hall–Kier alpha value is -1.92. The third-order valence-electron chi connectivity index (χ3n) is 2.43. The molecule has 0 aliphatic rings. The summed E-state index contributed by atoms with van der Waals surface area (Å²) in [5, 5.41) is 3.18. The molecule has 0 saturated heterocycles. The average Bonchev–Trinajstić information content (AvgIpc) is 2.75. The van der Waals surface area contributed by atoms with E-state index in [9.17, 15) is 4.79 Å². The SMILES string of the molecule is Cn1cnc(C(=O)Nc2cc(Cl)ccc2C(N)=S)c1. The molecule has 2 aromatic rings. The summed E-state index contributed by atoms with van der Waals surface area (Å²) < 4.78 is 1.68. The van der Waals surface area contributed by atoms with Crippen molar-refractivity contribution in [2.24, 2.45) is 12.8 Å². The highest BCUT2D eigenvalue weighted by Crippen LogP contribution is 2.21. The Labute approximate surface area is 120 Å². The first-order chi connectivity index (χ1) is 8.97. The Morgan fingerprint density at radius 2 is 2.26 bits per heavy atom. The second kappa shape index (κ2) is 5.38. The standard InChI is InChI=1S/C12H11ClN4OS/c1-17-5-10(15-6-17)12(18)16-9-4-7(13)2-3-8(9)11(14)19/h2-6H,1H3,(H2,14,19)(H,16,18). The number of benzene rings is 1. The summed E-state index contributed by atoms with van der Waals surface area (Å²) in [5.41, 5.74) is 6.93. The van der Waals surface area contributed by atoms with Gasteiger partial charge in [-0.15, -0.1) is 0 Å². The van der Waals surface area contributed by atoms with Gasteiger partial charge in [-0.2, -0.15) is 0 Å². The van der Waals surface area contributed by atoms with Crippen molar-refractivity contribution in [1.29, 1.82) is 0 Å². The van der Waals surface area contributed by atoms with Crippen LogP contribution in [0.1, 0.15) is 16.1 Å². The van der Waals surface area contributed by atoms with E-state index in [1.165, 1.54) is 0 Å². The lowest BCUT2D eigenvalue weighted by Gasteiger charge is -2.09. The number of halogens is 1. The first kappa shape index (κ1) is 13.5. The molecule has 0 unspecified atom stereocenters. The van der Waals surface area contributed by atoms with Crippen LogP contribution in [-0.2, 0) is 7.05 Å². The third kappa shape index (κ3) is 3.10.